The number of aromatic nitrogens is 2. The van der Waals surface area contributed by atoms with Crippen molar-refractivity contribution in [1.29, 1.82) is 10.8 Å². The number of amidine groups is 3. The van der Waals surface area contributed by atoms with E-state index in [9.17, 15) is 0 Å². The molecule has 0 saturated carbocycles. The van der Waals surface area contributed by atoms with Crippen LogP contribution in [0.25, 0.3) is 11.0 Å². The van der Waals surface area contributed by atoms with E-state index in [1.54, 1.807) is 30.4 Å². The van der Waals surface area contributed by atoms with Crippen molar-refractivity contribution in [3.05, 3.63) is 53.4 Å². The monoisotopic (exact) mass is 395 g/mol. The molecule has 0 radical (unpaired) electrons. The van der Waals surface area contributed by atoms with E-state index in [4.69, 9.17) is 22.3 Å². The maximum absolute atomic E-state index is 7.50. The summed E-state index contributed by atoms with van der Waals surface area (Å²) in [6, 6.07) is 5.17. The van der Waals surface area contributed by atoms with Gasteiger partial charge >= 0.3 is 0 Å². The van der Waals surface area contributed by atoms with Crippen LogP contribution in [-0.2, 0) is 25.9 Å². The Morgan fingerprint density at radius 1 is 1.19 bits per heavy atom. The van der Waals surface area contributed by atoms with E-state index in [2.05, 4.69) is 20.0 Å². The molecule has 1 aromatic carbocycles. The molecule has 126 valence electrons. The van der Waals surface area contributed by atoms with Gasteiger partial charge in [-0.2, -0.15) is 0 Å². The minimum absolute atomic E-state index is 0. The molecule has 0 bridgehead atoms. The number of fused-ring (bicyclic) bond motifs is 2. The third-order valence-corrected chi connectivity index (χ3v) is 4.02. The Kier molecular flexibility index (Phi) is 4.65. The Bertz CT molecular complexity index is 1040. The first-order valence-corrected chi connectivity index (χ1v) is 7.67. The number of benzene rings is 1. The van der Waals surface area contributed by atoms with Gasteiger partial charge in [-0.3, -0.25) is 15.8 Å². The summed E-state index contributed by atoms with van der Waals surface area (Å²) in [7, 11) is 0. The summed E-state index contributed by atoms with van der Waals surface area (Å²) in [5.74, 6) is 1.28. The molecule has 0 spiro atoms. The van der Waals surface area contributed by atoms with E-state index in [0.717, 1.165) is 11.2 Å². The van der Waals surface area contributed by atoms with Gasteiger partial charge in [0.05, 0.1) is 5.71 Å². The minimum Gasteiger partial charge on any atom is -0.439 e. The maximum Gasteiger partial charge on any atom is 0.128 e. The van der Waals surface area contributed by atoms with Crippen LogP contribution in [0.15, 0.2) is 52.0 Å². The van der Waals surface area contributed by atoms with Gasteiger partial charge in [0.25, 0.3) is 0 Å². The summed E-state index contributed by atoms with van der Waals surface area (Å²) in [6.45, 7) is 0. The minimum atomic E-state index is -0.133. The average Bonchev–Trinajstić information content (AvgIpc) is 3.15. The van der Waals surface area contributed by atoms with Crippen molar-refractivity contribution in [2.75, 3.05) is 0 Å². The second-order valence-corrected chi connectivity index (χ2v) is 5.83. The second kappa shape index (κ2) is 6.76. The molecule has 2 aliphatic rings. The number of nitrogens with two attached hydrogens (primary N) is 2. The molecule has 8 nitrogen and oxygen atoms in total. The Morgan fingerprint density at radius 2 is 2.00 bits per heavy atom. The van der Waals surface area contributed by atoms with Gasteiger partial charge in [0.2, 0.25) is 0 Å². The van der Waals surface area contributed by atoms with Crippen molar-refractivity contribution in [3.63, 3.8) is 0 Å². The molecule has 1 atom stereocenters. The number of hydrogen-bond donors (Lipinski definition) is 4. The van der Waals surface area contributed by atoms with E-state index in [-0.39, 0.29) is 37.2 Å². The van der Waals surface area contributed by atoms with E-state index in [1.807, 2.05) is 6.08 Å². The summed E-state index contributed by atoms with van der Waals surface area (Å²) in [4.78, 5) is 18.0. The SMILES string of the molecule is N=C(N)C1=CC2=NC(Cc3nc4cc(C(=N)N)ccc4[n-]3)=NC2C=C1.[Zn]. The molecule has 0 amide bonds. The molecule has 1 aliphatic carbocycles. The van der Waals surface area contributed by atoms with Crippen molar-refractivity contribution < 1.29 is 19.5 Å². The van der Waals surface area contributed by atoms with Crippen LogP contribution in [0, 0.1) is 10.8 Å². The molecule has 9 heteroatoms. The zero-order valence-electron chi connectivity index (χ0n) is 13.9. The molecule has 26 heavy (non-hydrogen) atoms. The van der Waals surface area contributed by atoms with Gasteiger partial charge < -0.3 is 21.4 Å². The first-order chi connectivity index (χ1) is 12.0. The summed E-state index contributed by atoms with van der Waals surface area (Å²) in [5.41, 5.74) is 14.5. The number of nitrogens with one attached hydrogen (secondary N) is 2. The third-order valence-electron chi connectivity index (χ3n) is 4.02. The van der Waals surface area contributed by atoms with Gasteiger partial charge in [-0.05, 0) is 23.2 Å². The molecule has 1 aromatic heterocycles. The van der Waals surface area contributed by atoms with Crippen LogP contribution >= 0.6 is 0 Å². The van der Waals surface area contributed by atoms with Crippen LogP contribution in [0.3, 0.4) is 0 Å². The quantitative estimate of drug-likeness (QED) is 0.341. The zero-order chi connectivity index (χ0) is 17.6. The van der Waals surface area contributed by atoms with E-state index in [1.165, 1.54) is 0 Å². The van der Waals surface area contributed by atoms with Crippen LogP contribution in [0.2, 0.25) is 0 Å². The number of imidazole rings is 1. The van der Waals surface area contributed by atoms with Gasteiger partial charge in [-0.15, -0.1) is 0 Å². The number of aliphatic imine (C=N–C) groups is 2. The molecule has 6 N–H and O–H groups in total. The first-order valence-electron chi connectivity index (χ1n) is 7.67. The van der Waals surface area contributed by atoms with Crippen molar-refractivity contribution in [3.8, 4) is 0 Å². The molecule has 1 aliphatic heterocycles. The third kappa shape index (κ3) is 3.26. The van der Waals surface area contributed by atoms with Crippen molar-refractivity contribution in [2.24, 2.45) is 21.5 Å². The zero-order valence-corrected chi connectivity index (χ0v) is 16.9. The fourth-order valence-corrected chi connectivity index (χ4v) is 2.78. The Balaban J connectivity index is 0.00000196. The molecule has 4 rings (SSSR count). The van der Waals surface area contributed by atoms with Crippen molar-refractivity contribution >= 4 is 34.3 Å². The van der Waals surface area contributed by atoms with Crippen molar-refractivity contribution in [1.82, 2.24) is 9.97 Å². The topological polar surface area (TPSA) is 151 Å². The van der Waals surface area contributed by atoms with Crippen LogP contribution in [0.5, 0.6) is 0 Å². The van der Waals surface area contributed by atoms with Crippen LogP contribution in [-0.4, -0.2) is 34.2 Å². The first kappa shape index (κ1) is 17.9. The van der Waals surface area contributed by atoms with E-state index >= 15 is 0 Å². The summed E-state index contributed by atoms with van der Waals surface area (Å²) < 4.78 is 0. The smallest absolute Gasteiger partial charge is 0.128 e. The molecule has 0 fully saturated rings. The van der Waals surface area contributed by atoms with Crippen LogP contribution in [0.1, 0.15) is 11.4 Å². The largest absolute Gasteiger partial charge is 0.439 e. The fourth-order valence-electron chi connectivity index (χ4n) is 2.78. The van der Waals surface area contributed by atoms with Gasteiger partial charge in [-0.1, -0.05) is 30.1 Å². The summed E-state index contributed by atoms with van der Waals surface area (Å²) in [5, 5.41) is 15.0. The van der Waals surface area contributed by atoms with E-state index < -0.39 is 0 Å². The Morgan fingerprint density at radius 3 is 2.73 bits per heavy atom. The normalized spacial score (nSPS) is 17.8. The number of hydrogen-bond acceptors (Lipinski definition) is 5. The Labute approximate surface area is 162 Å². The standard InChI is InChI=1S/C17H15N8.Zn/c18-16(19)8-1-3-10-12(5-8)24-14(22-10)7-15-23-11-4-2-9(17(20)21)6-13(11)25-15;/h1-6,10H,7H2,(H6-,18,19,20,21,23,25);/q-1;. The summed E-state index contributed by atoms with van der Waals surface area (Å²) in [6.07, 6.45) is 5.87. The molecular weight excluding hydrogens is 382 g/mol. The number of rotatable bonds is 4. The Hall–Kier alpha value is -2.93. The molecule has 2 heterocycles. The summed E-state index contributed by atoms with van der Waals surface area (Å²) >= 11 is 0. The van der Waals surface area contributed by atoms with Gasteiger partial charge in [-0.25, -0.2) is 4.99 Å². The predicted molar refractivity (Wildman–Crippen MR) is 97.6 cm³/mol. The van der Waals surface area contributed by atoms with Gasteiger partial charge in [0.15, 0.2) is 0 Å². The number of nitrogens with zero attached hydrogens (tertiary/aromatic N) is 4. The van der Waals surface area contributed by atoms with E-state index in [0.29, 0.717) is 34.7 Å². The van der Waals surface area contributed by atoms with Crippen LogP contribution < -0.4 is 16.5 Å². The maximum atomic E-state index is 7.50. The average molecular weight is 397 g/mol. The van der Waals surface area contributed by atoms with Crippen molar-refractivity contribution in [2.45, 2.75) is 12.5 Å². The molecule has 2 aromatic rings. The van der Waals surface area contributed by atoms with Gasteiger partial charge in [0.1, 0.15) is 23.5 Å². The van der Waals surface area contributed by atoms with Gasteiger partial charge in [0, 0.05) is 37.0 Å². The fraction of sp³-hybridized carbons (Fsp3) is 0.118. The molecular formula is C17H15N8Zn-. The number of nitrogen functional groups attached to an aromatic ring is 1. The molecule has 1 unspecified atom stereocenters. The van der Waals surface area contributed by atoms with Crippen LogP contribution in [0.4, 0.5) is 0 Å². The second-order valence-electron chi connectivity index (χ2n) is 5.83. The molecule has 0 saturated heterocycles. The predicted octanol–water partition coefficient (Wildman–Crippen LogP) is 0.670.